The Morgan fingerprint density at radius 2 is 2.14 bits per heavy atom. The van der Waals surface area contributed by atoms with E-state index in [-0.39, 0.29) is 5.56 Å². The third-order valence-electron chi connectivity index (χ3n) is 2.76. The Hall–Kier alpha value is -2.51. The van der Waals surface area contributed by atoms with Crippen molar-refractivity contribution in [1.82, 2.24) is 15.0 Å². The number of carboxylic acids is 1. The van der Waals surface area contributed by atoms with Gasteiger partial charge >= 0.3 is 5.97 Å². The normalized spacial score (nSPS) is 10.4. The third kappa shape index (κ3) is 3.05. The fourth-order valence-electron chi connectivity index (χ4n) is 1.74. The molecule has 0 aromatic carbocycles. The molecule has 0 saturated heterocycles. The summed E-state index contributed by atoms with van der Waals surface area (Å²) >= 11 is 7.39. The Labute approximate surface area is 134 Å². The van der Waals surface area contributed by atoms with E-state index in [1.807, 2.05) is 0 Å². The smallest absolute Gasteiger partial charge is 0.337 e. The number of thiazole rings is 1. The maximum Gasteiger partial charge on any atom is 0.337 e. The highest BCUT2D eigenvalue weighted by Crippen LogP contribution is 2.31. The molecule has 3 heterocycles. The number of nitrogens with zero attached hydrogens (tertiary/aromatic N) is 3. The van der Waals surface area contributed by atoms with Crippen molar-refractivity contribution in [2.75, 3.05) is 5.32 Å². The number of halogens is 1. The number of carbonyl (C=O) groups is 1. The van der Waals surface area contributed by atoms with Crippen molar-refractivity contribution in [2.24, 2.45) is 0 Å². The lowest BCUT2D eigenvalue weighted by Crippen LogP contribution is -1.96. The first-order valence-corrected chi connectivity index (χ1v) is 7.35. The highest BCUT2D eigenvalue weighted by molar-refractivity contribution is 7.18. The highest BCUT2D eigenvalue weighted by Gasteiger charge is 2.10. The minimum atomic E-state index is -1.02. The Morgan fingerprint density at radius 1 is 1.27 bits per heavy atom. The van der Waals surface area contributed by atoms with Gasteiger partial charge in [-0.25, -0.2) is 14.8 Å². The summed E-state index contributed by atoms with van der Waals surface area (Å²) in [5.74, 6) is -0.500. The van der Waals surface area contributed by atoms with Gasteiger partial charge < -0.3 is 10.4 Å². The number of nitrogens with one attached hydrogen (secondary N) is 1. The molecule has 0 saturated carbocycles. The van der Waals surface area contributed by atoms with Gasteiger partial charge in [0, 0.05) is 30.4 Å². The van der Waals surface area contributed by atoms with E-state index in [0.717, 1.165) is 4.88 Å². The molecule has 3 rings (SSSR count). The van der Waals surface area contributed by atoms with E-state index in [1.54, 1.807) is 36.8 Å². The lowest BCUT2D eigenvalue weighted by molar-refractivity contribution is 0.0696. The van der Waals surface area contributed by atoms with Crippen LogP contribution in [0.3, 0.4) is 0 Å². The first kappa shape index (κ1) is 14.4. The van der Waals surface area contributed by atoms with Gasteiger partial charge in [0.25, 0.3) is 0 Å². The number of aromatic nitrogens is 3. The van der Waals surface area contributed by atoms with Crippen LogP contribution in [0.5, 0.6) is 0 Å². The van der Waals surface area contributed by atoms with Gasteiger partial charge in [-0.15, -0.1) is 0 Å². The third-order valence-corrected chi connectivity index (χ3v) is 4.03. The zero-order valence-electron chi connectivity index (χ0n) is 11.0. The van der Waals surface area contributed by atoms with Gasteiger partial charge in [-0.2, -0.15) is 0 Å². The van der Waals surface area contributed by atoms with Crippen molar-refractivity contribution in [3.8, 4) is 10.4 Å². The predicted octanol–water partition coefficient (Wildman–Crippen LogP) is 3.70. The van der Waals surface area contributed by atoms with Crippen LogP contribution in [0.15, 0.2) is 43.0 Å². The molecule has 0 atom stereocenters. The molecule has 0 aliphatic rings. The number of hydrogen-bond donors (Lipinski definition) is 2. The van der Waals surface area contributed by atoms with Crippen molar-refractivity contribution in [3.05, 3.63) is 53.6 Å². The van der Waals surface area contributed by atoms with Crippen molar-refractivity contribution in [1.29, 1.82) is 0 Å². The molecule has 2 N–H and O–H groups in total. The quantitative estimate of drug-likeness (QED) is 0.757. The van der Waals surface area contributed by atoms with E-state index in [9.17, 15) is 4.79 Å². The van der Waals surface area contributed by atoms with Crippen LogP contribution in [0.25, 0.3) is 10.4 Å². The molecular weight excluding hydrogens is 324 g/mol. The summed E-state index contributed by atoms with van der Waals surface area (Å²) in [7, 11) is 0. The molecule has 0 radical (unpaired) electrons. The molecule has 6 nitrogen and oxygen atoms in total. The van der Waals surface area contributed by atoms with Crippen LogP contribution in [0, 0.1) is 0 Å². The molecule has 0 bridgehead atoms. The van der Waals surface area contributed by atoms with Gasteiger partial charge in [-0.1, -0.05) is 22.9 Å². The van der Waals surface area contributed by atoms with Crippen LogP contribution < -0.4 is 5.32 Å². The first-order chi connectivity index (χ1) is 10.6. The van der Waals surface area contributed by atoms with Crippen molar-refractivity contribution >= 4 is 39.9 Å². The summed E-state index contributed by atoms with van der Waals surface area (Å²) < 4.78 is 0. The molecule has 22 heavy (non-hydrogen) atoms. The molecule has 3 aromatic heterocycles. The van der Waals surface area contributed by atoms with Crippen LogP contribution >= 0.6 is 22.9 Å². The molecule has 3 aromatic rings. The lowest BCUT2D eigenvalue weighted by Gasteiger charge is -2.02. The minimum absolute atomic E-state index is 0.133. The molecule has 0 spiro atoms. The standard InChI is InChI=1S/C14H9ClN4O2S/c15-10-2-1-3-17-12(10)19-14-18-7-11(22-14)8-4-9(13(20)21)6-16-5-8/h1-7H,(H,20,21)(H,17,18,19). The number of carboxylic acid groups (broad SMARTS) is 1. The first-order valence-electron chi connectivity index (χ1n) is 6.15. The molecule has 0 unspecified atom stereocenters. The number of anilines is 2. The van der Waals surface area contributed by atoms with Crippen LogP contribution in [-0.2, 0) is 0 Å². The van der Waals surface area contributed by atoms with E-state index in [2.05, 4.69) is 20.3 Å². The zero-order valence-corrected chi connectivity index (χ0v) is 12.6. The number of hydrogen-bond acceptors (Lipinski definition) is 6. The Bertz CT molecular complexity index is 837. The van der Waals surface area contributed by atoms with Crippen molar-refractivity contribution in [2.45, 2.75) is 0 Å². The minimum Gasteiger partial charge on any atom is -0.478 e. The number of pyridine rings is 2. The molecule has 110 valence electrons. The topological polar surface area (TPSA) is 88.0 Å². The van der Waals surface area contributed by atoms with Gasteiger partial charge in [0.1, 0.15) is 0 Å². The summed E-state index contributed by atoms with van der Waals surface area (Å²) in [6.45, 7) is 0. The summed E-state index contributed by atoms with van der Waals surface area (Å²) in [6.07, 6.45) is 6.17. The van der Waals surface area contributed by atoms with E-state index in [4.69, 9.17) is 16.7 Å². The molecule has 8 heteroatoms. The fraction of sp³-hybridized carbons (Fsp3) is 0. The Balaban J connectivity index is 1.86. The number of aromatic carboxylic acids is 1. The second kappa shape index (κ2) is 6.08. The van der Waals surface area contributed by atoms with E-state index in [0.29, 0.717) is 21.5 Å². The Kier molecular flexibility index (Phi) is 3.99. The lowest BCUT2D eigenvalue weighted by atomic mass is 10.2. The predicted molar refractivity (Wildman–Crippen MR) is 84.8 cm³/mol. The SMILES string of the molecule is O=C(O)c1cncc(-c2cnc(Nc3ncccc3Cl)s2)c1. The summed E-state index contributed by atoms with van der Waals surface area (Å²) in [6, 6.07) is 5.02. The molecule has 0 amide bonds. The second-order valence-corrected chi connectivity index (χ2v) is 5.69. The van der Waals surface area contributed by atoms with E-state index < -0.39 is 5.97 Å². The zero-order chi connectivity index (χ0) is 15.5. The van der Waals surface area contributed by atoms with Crippen molar-refractivity contribution in [3.63, 3.8) is 0 Å². The van der Waals surface area contributed by atoms with E-state index in [1.165, 1.54) is 17.5 Å². The average molecular weight is 333 g/mol. The molecule has 0 fully saturated rings. The van der Waals surface area contributed by atoms with E-state index >= 15 is 0 Å². The average Bonchev–Trinajstić information content (AvgIpc) is 2.98. The highest BCUT2D eigenvalue weighted by atomic mass is 35.5. The van der Waals surface area contributed by atoms with Gasteiger partial charge in [0.05, 0.1) is 15.5 Å². The van der Waals surface area contributed by atoms with Crippen LogP contribution in [0.4, 0.5) is 10.9 Å². The van der Waals surface area contributed by atoms with Gasteiger partial charge in [0.2, 0.25) is 0 Å². The molecular formula is C14H9ClN4O2S. The molecule has 0 aliphatic carbocycles. The van der Waals surface area contributed by atoms with Gasteiger partial charge in [0.15, 0.2) is 10.9 Å². The largest absolute Gasteiger partial charge is 0.478 e. The second-order valence-electron chi connectivity index (χ2n) is 4.26. The van der Waals surface area contributed by atoms with Crippen LogP contribution in [0.1, 0.15) is 10.4 Å². The maximum atomic E-state index is 11.0. The van der Waals surface area contributed by atoms with Gasteiger partial charge in [-0.05, 0) is 18.2 Å². The molecule has 0 aliphatic heterocycles. The monoisotopic (exact) mass is 332 g/mol. The van der Waals surface area contributed by atoms with Crippen LogP contribution in [-0.4, -0.2) is 26.0 Å². The number of rotatable bonds is 4. The fourth-order valence-corrected chi connectivity index (χ4v) is 2.70. The summed E-state index contributed by atoms with van der Waals surface area (Å²) in [5.41, 5.74) is 0.825. The van der Waals surface area contributed by atoms with Gasteiger partial charge in [-0.3, -0.25) is 4.98 Å². The summed E-state index contributed by atoms with van der Waals surface area (Å²) in [4.78, 5) is 24.1. The van der Waals surface area contributed by atoms with Crippen LogP contribution in [0.2, 0.25) is 5.02 Å². The summed E-state index contributed by atoms with van der Waals surface area (Å²) in [5, 5.41) is 13.1. The Morgan fingerprint density at radius 3 is 2.91 bits per heavy atom. The van der Waals surface area contributed by atoms with Crippen molar-refractivity contribution < 1.29 is 9.90 Å². The maximum absolute atomic E-state index is 11.0.